The predicted molar refractivity (Wildman–Crippen MR) is 99.7 cm³/mol. The number of pyridine rings is 1. The third-order valence-electron chi connectivity index (χ3n) is 4.95. The lowest BCUT2D eigenvalue weighted by atomic mass is 10.2. The Hall–Kier alpha value is -1.95. The van der Waals surface area contributed by atoms with E-state index in [1.54, 1.807) is 6.07 Å². The summed E-state index contributed by atoms with van der Waals surface area (Å²) < 4.78 is 0. The van der Waals surface area contributed by atoms with Crippen LogP contribution in [0.3, 0.4) is 0 Å². The lowest BCUT2D eigenvalue weighted by Crippen LogP contribution is -2.23. The zero-order chi connectivity index (χ0) is 17.4. The molecular weight excluding hydrogens is 336 g/mol. The summed E-state index contributed by atoms with van der Waals surface area (Å²) >= 11 is 6.03. The fourth-order valence-electron chi connectivity index (χ4n) is 2.99. The summed E-state index contributed by atoms with van der Waals surface area (Å²) in [4.78, 5) is 18.0. The first-order valence-corrected chi connectivity index (χ1v) is 9.38. The molecule has 2 heterocycles. The molecule has 2 aliphatic rings. The van der Waals surface area contributed by atoms with Gasteiger partial charge in [-0.1, -0.05) is 17.7 Å². The maximum absolute atomic E-state index is 6.03. The Labute approximate surface area is 152 Å². The van der Waals surface area contributed by atoms with E-state index in [2.05, 4.69) is 44.4 Å². The minimum absolute atomic E-state index is 0.358. The number of nitrogens with one attached hydrogen (secondary N) is 2. The minimum Gasteiger partial charge on any atom is -0.351 e. The second-order valence-corrected chi connectivity index (χ2v) is 7.58. The zero-order valence-corrected chi connectivity index (χ0v) is 15.3. The van der Waals surface area contributed by atoms with Crippen LogP contribution in [0.25, 0.3) is 11.5 Å². The first-order chi connectivity index (χ1) is 12.1. The number of hydrogen-bond acceptors (Lipinski definition) is 6. The molecule has 0 saturated heterocycles. The van der Waals surface area contributed by atoms with Crippen LogP contribution in [0.5, 0.6) is 0 Å². The quantitative estimate of drug-likeness (QED) is 0.728. The van der Waals surface area contributed by atoms with E-state index >= 15 is 0 Å². The predicted octanol–water partition coefficient (Wildman–Crippen LogP) is 4.01. The van der Waals surface area contributed by atoms with E-state index in [0.717, 1.165) is 0 Å². The highest BCUT2D eigenvalue weighted by molar-refractivity contribution is 6.29. The van der Waals surface area contributed by atoms with Crippen molar-refractivity contribution in [3.8, 4) is 11.5 Å². The zero-order valence-electron chi connectivity index (χ0n) is 14.5. The Morgan fingerprint density at radius 1 is 0.880 bits per heavy atom. The first kappa shape index (κ1) is 16.5. The van der Waals surface area contributed by atoms with Crippen molar-refractivity contribution in [2.75, 3.05) is 10.6 Å². The van der Waals surface area contributed by atoms with Gasteiger partial charge < -0.3 is 10.6 Å². The van der Waals surface area contributed by atoms with Crippen molar-refractivity contribution >= 4 is 23.5 Å². The molecule has 2 N–H and O–H groups in total. The standard InChI is InChI=1S/C18H23ClN6/c1-10(12-6-7-12)20-17-23-16(14-4-3-5-15(19)22-14)24-18(25-17)21-11(2)13-8-9-13/h3-5,10-13H,6-9H2,1-2H3,(H2,20,21,23,24,25)/t10-,11?/m1/s1. The summed E-state index contributed by atoms with van der Waals surface area (Å²) in [7, 11) is 0. The van der Waals surface area contributed by atoms with Gasteiger partial charge in [0, 0.05) is 12.1 Å². The molecule has 2 aromatic heterocycles. The molecule has 7 heteroatoms. The maximum atomic E-state index is 6.03. The van der Waals surface area contributed by atoms with E-state index in [4.69, 9.17) is 11.6 Å². The highest BCUT2D eigenvalue weighted by Gasteiger charge is 2.30. The number of halogens is 1. The van der Waals surface area contributed by atoms with Crippen LogP contribution >= 0.6 is 11.6 Å². The van der Waals surface area contributed by atoms with Gasteiger partial charge in [-0.15, -0.1) is 0 Å². The molecule has 1 unspecified atom stereocenters. The van der Waals surface area contributed by atoms with Crippen molar-refractivity contribution in [3.05, 3.63) is 23.4 Å². The van der Waals surface area contributed by atoms with E-state index in [0.29, 0.717) is 52.5 Å². The number of aromatic nitrogens is 4. The molecule has 0 bridgehead atoms. The van der Waals surface area contributed by atoms with Gasteiger partial charge in [0.1, 0.15) is 10.8 Å². The average Bonchev–Trinajstić information content (AvgIpc) is 3.48. The van der Waals surface area contributed by atoms with Crippen LogP contribution in [0.1, 0.15) is 39.5 Å². The number of nitrogens with zero attached hydrogens (tertiary/aromatic N) is 4. The monoisotopic (exact) mass is 358 g/mol. The molecule has 2 saturated carbocycles. The minimum atomic E-state index is 0.358. The summed E-state index contributed by atoms with van der Waals surface area (Å²) in [5.74, 6) is 3.15. The topological polar surface area (TPSA) is 75.6 Å². The van der Waals surface area contributed by atoms with Crippen molar-refractivity contribution in [2.24, 2.45) is 11.8 Å². The van der Waals surface area contributed by atoms with Gasteiger partial charge in [0.2, 0.25) is 11.9 Å². The van der Waals surface area contributed by atoms with Crippen LogP contribution in [-0.2, 0) is 0 Å². The molecule has 132 valence electrons. The van der Waals surface area contributed by atoms with E-state index in [1.165, 1.54) is 25.7 Å². The van der Waals surface area contributed by atoms with Crippen LogP contribution < -0.4 is 10.6 Å². The molecule has 6 nitrogen and oxygen atoms in total. The summed E-state index contributed by atoms with van der Waals surface area (Å²) in [5.41, 5.74) is 0.652. The molecule has 2 fully saturated rings. The third kappa shape index (κ3) is 4.18. The van der Waals surface area contributed by atoms with Crippen molar-refractivity contribution < 1.29 is 0 Å². The van der Waals surface area contributed by atoms with Gasteiger partial charge in [-0.2, -0.15) is 15.0 Å². The number of anilines is 2. The van der Waals surface area contributed by atoms with Crippen LogP contribution in [0.4, 0.5) is 11.9 Å². The van der Waals surface area contributed by atoms with E-state index < -0.39 is 0 Å². The molecule has 0 amide bonds. The van der Waals surface area contributed by atoms with Gasteiger partial charge in [0.25, 0.3) is 0 Å². The van der Waals surface area contributed by atoms with Crippen molar-refractivity contribution in [1.82, 2.24) is 19.9 Å². The Balaban J connectivity index is 1.63. The molecule has 0 radical (unpaired) electrons. The number of hydrogen-bond donors (Lipinski definition) is 2. The largest absolute Gasteiger partial charge is 0.351 e. The molecular formula is C18H23ClN6. The van der Waals surface area contributed by atoms with E-state index in [1.807, 2.05) is 12.1 Å². The second kappa shape index (κ2) is 6.75. The van der Waals surface area contributed by atoms with Crippen LogP contribution in [-0.4, -0.2) is 32.0 Å². The van der Waals surface area contributed by atoms with Gasteiger partial charge in [-0.05, 0) is 63.5 Å². The fourth-order valence-corrected chi connectivity index (χ4v) is 3.15. The molecule has 25 heavy (non-hydrogen) atoms. The van der Waals surface area contributed by atoms with Crippen molar-refractivity contribution in [1.29, 1.82) is 0 Å². The van der Waals surface area contributed by atoms with Gasteiger partial charge >= 0.3 is 0 Å². The summed E-state index contributed by atoms with van der Waals surface area (Å²) in [5, 5.41) is 7.28. The summed E-state index contributed by atoms with van der Waals surface area (Å²) in [6.45, 7) is 4.36. The molecule has 2 aromatic rings. The second-order valence-electron chi connectivity index (χ2n) is 7.19. The smallest absolute Gasteiger partial charge is 0.228 e. The normalized spacial score (nSPS) is 19.3. The Kier molecular flexibility index (Phi) is 4.46. The molecule has 0 spiro atoms. The van der Waals surface area contributed by atoms with Gasteiger partial charge in [0.05, 0.1) is 0 Å². The van der Waals surface area contributed by atoms with Crippen molar-refractivity contribution in [2.45, 2.75) is 51.6 Å². The molecule has 0 aromatic carbocycles. The van der Waals surface area contributed by atoms with Gasteiger partial charge in [0.15, 0.2) is 5.82 Å². The van der Waals surface area contributed by atoms with Gasteiger partial charge in [-0.3, -0.25) is 0 Å². The molecule has 2 atom stereocenters. The highest BCUT2D eigenvalue weighted by atomic mass is 35.5. The third-order valence-corrected chi connectivity index (χ3v) is 5.16. The number of rotatable bonds is 7. The van der Waals surface area contributed by atoms with Crippen LogP contribution in [0.15, 0.2) is 18.2 Å². The highest BCUT2D eigenvalue weighted by Crippen LogP contribution is 2.35. The molecule has 4 rings (SSSR count). The van der Waals surface area contributed by atoms with E-state index in [9.17, 15) is 0 Å². The van der Waals surface area contributed by atoms with Crippen LogP contribution in [0.2, 0.25) is 5.15 Å². The Bertz CT molecular complexity index is 721. The Morgan fingerprint density at radius 3 is 1.92 bits per heavy atom. The molecule has 2 aliphatic carbocycles. The SMILES string of the molecule is CC(Nc1nc(N[C@H](C)C2CC2)nc(-c2cccc(Cl)n2)n1)C1CC1. The van der Waals surface area contributed by atoms with Crippen molar-refractivity contribution in [3.63, 3.8) is 0 Å². The maximum Gasteiger partial charge on any atom is 0.228 e. The fraction of sp³-hybridized carbons (Fsp3) is 0.556. The average molecular weight is 359 g/mol. The molecule has 0 aliphatic heterocycles. The summed E-state index contributed by atoms with van der Waals surface area (Å²) in [6.07, 6.45) is 5.08. The van der Waals surface area contributed by atoms with Gasteiger partial charge in [-0.25, -0.2) is 4.98 Å². The lowest BCUT2D eigenvalue weighted by molar-refractivity contribution is 0.676. The first-order valence-electron chi connectivity index (χ1n) is 9.00. The van der Waals surface area contributed by atoms with E-state index in [-0.39, 0.29) is 0 Å². The Morgan fingerprint density at radius 2 is 1.44 bits per heavy atom. The summed E-state index contributed by atoms with van der Waals surface area (Å²) in [6, 6.07) is 6.18. The lowest BCUT2D eigenvalue weighted by Gasteiger charge is -2.16. The van der Waals surface area contributed by atoms with Crippen LogP contribution in [0, 0.1) is 11.8 Å².